The van der Waals surface area contributed by atoms with Crippen LogP contribution in [-0.2, 0) is 11.3 Å². The number of hydrogen-bond acceptors (Lipinski definition) is 5. The van der Waals surface area contributed by atoms with Gasteiger partial charge in [0.1, 0.15) is 11.6 Å². The molecule has 0 radical (unpaired) electrons. The zero-order valence-electron chi connectivity index (χ0n) is 19.2. The van der Waals surface area contributed by atoms with E-state index in [2.05, 4.69) is 15.4 Å². The topological polar surface area (TPSA) is 80.1 Å². The van der Waals surface area contributed by atoms with Crippen molar-refractivity contribution in [3.63, 3.8) is 0 Å². The van der Waals surface area contributed by atoms with Crippen LogP contribution in [-0.4, -0.2) is 46.2 Å². The molecule has 0 fully saturated rings. The van der Waals surface area contributed by atoms with Gasteiger partial charge in [0.25, 0.3) is 5.56 Å². The number of carbonyl (C=O) groups excluding carboxylic acids is 1. The molecule has 9 heteroatoms. The molecule has 2 heterocycles. The third kappa shape index (κ3) is 6.21. The Hall–Kier alpha value is -4.24. The second-order valence-electron chi connectivity index (χ2n) is 8.29. The lowest BCUT2D eigenvalue weighted by atomic mass is 10.1. The Morgan fingerprint density at radius 1 is 0.943 bits per heavy atom. The van der Waals surface area contributed by atoms with Gasteiger partial charge in [0.05, 0.1) is 36.4 Å². The van der Waals surface area contributed by atoms with Gasteiger partial charge in [-0.3, -0.25) is 14.6 Å². The summed E-state index contributed by atoms with van der Waals surface area (Å²) >= 11 is 0. The van der Waals surface area contributed by atoms with Crippen LogP contribution in [0.2, 0.25) is 0 Å². The standard InChI is InChI=1S/C26H23F2N5O2/c1-32(2)16-25(34)30-22-6-7-23(29-14-22)18-5-3-4-17(10-18)15-33-26(35)9-8-24(31-33)19-11-20(27)13-21(28)12-19/h3-14H,15-16H2,1-2H3,(H,30,34). The number of nitrogens with zero attached hydrogens (tertiary/aromatic N) is 4. The van der Waals surface area contributed by atoms with E-state index in [0.717, 1.165) is 17.2 Å². The number of aromatic nitrogens is 3. The Bertz CT molecular complexity index is 1400. The number of amides is 1. The lowest BCUT2D eigenvalue weighted by molar-refractivity contribution is -0.116. The number of anilines is 1. The molecule has 0 aliphatic heterocycles. The average molecular weight is 475 g/mol. The minimum atomic E-state index is -0.719. The fraction of sp³-hybridized carbons (Fsp3) is 0.154. The average Bonchev–Trinajstić information content (AvgIpc) is 2.80. The van der Waals surface area contributed by atoms with E-state index in [0.29, 0.717) is 11.4 Å². The lowest BCUT2D eigenvalue weighted by Gasteiger charge is -2.11. The van der Waals surface area contributed by atoms with Crippen molar-refractivity contribution in [3.05, 3.63) is 100 Å². The molecule has 2 aromatic carbocycles. The first-order chi connectivity index (χ1) is 16.8. The number of nitrogens with one attached hydrogen (secondary N) is 1. The fourth-order valence-corrected chi connectivity index (χ4v) is 3.55. The smallest absolute Gasteiger partial charge is 0.267 e. The minimum absolute atomic E-state index is 0.132. The van der Waals surface area contributed by atoms with Crippen LogP contribution in [0.4, 0.5) is 14.5 Å². The molecular weight excluding hydrogens is 452 g/mol. The molecule has 4 rings (SSSR count). The van der Waals surface area contributed by atoms with Gasteiger partial charge in [-0.15, -0.1) is 0 Å². The van der Waals surface area contributed by atoms with Crippen molar-refractivity contribution in [2.45, 2.75) is 6.54 Å². The van der Waals surface area contributed by atoms with Gasteiger partial charge in [0.2, 0.25) is 5.91 Å². The lowest BCUT2D eigenvalue weighted by Crippen LogP contribution is -2.27. The van der Waals surface area contributed by atoms with Crippen molar-refractivity contribution in [3.8, 4) is 22.5 Å². The molecule has 0 spiro atoms. The van der Waals surface area contributed by atoms with E-state index in [1.165, 1.54) is 28.9 Å². The number of hydrogen-bond donors (Lipinski definition) is 1. The number of pyridine rings is 1. The van der Waals surface area contributed by atoms with Gasteiger partial charge < -0.3 is 10.2 Å². The summed E-state index contributed by atoms with van der Waals surface area (Å²) in [4.78, 5) is 30.5. The monoisotopic (exact) mass is 475 g/mol. The van der Waals surface area contributed by atoms with Crippen LogP contribution < -0.4 is 10.9 Å². The summed E-state index contributed by atoms with van der Waals surface area (Å²) in [5.41, 5.74) is 3.10. The summed E-state index contributed by atoms with van der Waals surface area (Å²) in [6, 6.07) is 16.9. The first-order valence-corrected chi connectivity index (χ1v) is 10.8. The third-order valence-electron chi connectivity index (χ3n) is 5.09. The molecule has 1 N–H and O–H groups in total. The molecule has 0 saturated heterocycles. The first-order valence-electron chi connectivity index (χ1n) is 10.8. The molecule has 7 nitrogen and oxygen atoms in total. The summed E-state index contributed by atoms with van der Waals surface area (Å²) in [6.45, 7) is 0.434. The van der Waals surface area contributed by atoms with Crippen LogP contribution >= 0.6 is 0 Å². The highest BCUT2D eigenvalue weighted by Gasteiger charge is 2.09. The molecule has 0 aliphatic rings. The van der Waals surface area contributed by atoms with E-state index in [1.54, 1.807) is 23.2 Å². The summed E-state index contributed by atoms with van der Waals surface area (Å²) in [5.74, 6) is -1.57. The summed E-state index contributed by atoms with van der Waals surface area (Å²) in [5, 5.41) is 7.09. The highest BCUT2D eigenvalue weighted by atomic mass is 19.1. The largest absolute Gasteiger partial charge is 0.324 e. The van der Waals surface area contributed by atoms with Gasteiger partial charge in [-0.25, -0.2) is 13.5 Å². The van der Waals surface area contributed by atoms with Gasteiger partial charge in [0, 0.05) is 23.3 Å². The van der Waals surface area contributed by atoms with Gasteiger partial charge in [-0.1, -0.05) is 18.2 Å². The van der Waals surface area contributed by atoms with Crippen LogP contribution in [0.15, 0.2) is 77.7 Å². The van der Waals surface area contributed by atoms with Crippen molar-refractivity contribution in [2.75, 3.05) is 26.0 Å². The Labute approximate surface area is 200 Å². The number of likely N-dealkylation sites (N-methyl/N-ethyl adjacent to an activating group) is 1. The Balaban J connectivity index is 1.54. The maximum Gasteiger partial charge on any atom is 0.267 e. The maximum absolute atomic E-state index is 13.6. The second-order valence-corrected chi connectivity index (χ2v) is 8.29. The van der Waals surface area contributed by atoms with E-state index in [1.807, 2.05) is 38.4 Å². The molecule has 4 aromatic rings. The molecule has 0 unspecified atom stereocenters. The molecular formula is C26H23F2N5O2. The van der Waals surface area contributed by atoms with E-state index in [-0.39, 0.29) is 35.8 Å². The normalized spacial score (nSPS) is 11.0. The van der Waals surface area contributed by atoms with Crippen molar-refractivity contribution in [2.24, 2.45) is 0 Å². The van der Waals surface area contributed by atoms with Crippen molar-refractivity contribution >= 4 is 11.6 Å². The first kappa shape index (κ1) is 23.9. The van der Waals surface area contributed by atoms with Crippen LogP contribution in [0.5, 0.6) is 0 Å². The fourth-order valence-electron chi connectivity index (χ4n) is 3.55. The number of benzene rings is 2. The summed E-state index contributed by atoms with van der Waals surface area (Å²) in [7, 11) is 3.63. The highest BCUT2D eigenvalue weighted by Crippen LogP contribution is 2.21. The molecule has 0 atom stereocenters. The number of carbonyl (C=O) groups is 1. The Kier molecular flexibility index (Phi) is 7.07. The zero-order valence-corrected chi connectivity index (χ0v) is 19.2. The van der Waals surface area contributed by atoms with Crippen molar-refractivity contribution < 1.29 is 13.6 Å². The van der Waals surface area contributed by atoms with Gasteiger partial charge in [-0.2, -0.15) is 5.10 Å². The molecule has 1 amide bonds. The molecule has 178 valence electrons. The quantitative estimate of drug-likeness (QED) is 0.440. The van der Waals surface area contributed by atoms with Gasteiger partial charge >= 0.3 is 0 Å². The van der Waals surface area contributed by atoms with E-state index < -0.39 is 11.6 Å². The van der Waals surface area contributed by atoms with E-state index in [9.17, 15) is 18.4 Å². The second kappa shape index (κ2) is 10.4. The predicted octanol–water partition coefficient (Wildman–Crippen LogP) is 3.80. The van der Waals surface area contributed by atoms with E-state index in [4.69, 9.17) is 0 Å². The zero-order chi connectivity index (χ0) is 24.9. The Morgan fingerprint density at radius 2 is 1.69 bits per heavy atom. The summed E-state index contributed by atoms with van der Waals surface area (Å²) < 4.78 is 28.5. The van der Waals surface area contributed by atoms with Crippen LogP contribution in [0.1, 0.15) is 5.56 Å². The summed E-state index contributed by atoms with van der Waals surface area (Å²) in [6.07, 6.45) is 1.59. The molecule has 35 heavy (non-hydrogen) atoms. The Morgan fingerprint density at radius 3 is 2.37 bits per heavy atom. The molecule has 0 aliphatic carbocycles. The van der Waals surface area contributed by atoms with Crippen molar-refractivity contribution in [1.82, 2.24) is 19.7 Å². The van der Waals surface area contributed by atoms with Gasteiger partial charge in [-0.05, 0) is 56.1 Å². The van der Waals surface area contributed by atoms with Crippen LogP contribution in [0, 0.1) is 11.6 Å². The van der Waals surface area contributed by atoms with Crippen molar-refractivity contribution in [1.29, 1.82) is 0 Å². The molecule has 2 aromatic heterocycles. The highest BCUT2D eigenvalue weighted by molar-refractivity contribution is 5.92. The number of rotatable bonds is 7. The molecule has 0 bridgehead atoms. The third-order valence-corrected chi connectivity index (χ3v) is 5.09. The van der Waals surface area contributed by atoms with Crippen LogP contribution in [0.3, 0.4) is 0 Å². The molecule has 0 saturated carbocycles. The maximum atomic E-state index is 13.6. The van der Waals surface area contributed by atoms with Crippen LogP contribution in [0.25, 0.3) is 22.5 Å². The minimum Gasteiger partial charge on any atom is -0.324 e. The number of halogens is 2. The van der Waals surface area contributed by atoms with E-state index >= 15 is 0 Å². The van der Waals surface area contributed by atoms with Gasteiger partial charge in [0.15, 0.2) is 0 Å². The predicted molar refractivity (Wildman–Crippen MR) is 130 cm³/mol. The SMILES string of the molecule is CN(C)CC(=O)Nc1ccc(-c2cccc(Cn3nc(-c4cc(F)cc(F)c4)ccc3=O)c2)nc1.